The van der Waals surface area contributed by atoms with Gasteiger partial charge >= 0.3 is 0 Å². The molecule has 2 aliphatic rings. The molecule has 1 aliphatic carbocycles. The fraction of sp³-hybridized carbons (Fsp3) is 0.316. The van der Waals surface area contributed by atoms with Gasteiger partial charge in [0.1, 0.15) is 13.2 Å². The maximum absolute atomic E-state index is 12.4. The third kappa shape index (κ3) is 2.89. The van der Waals surface area contributed by atoms with Crippen LogP contribution >= 0.6 is 0 Å². The van der Waals surface area contributed by atoms with Crippen molar-refractivity contribution in [2.75, 3.05) is 18.5 Å². The Morgan fingerprint density at radius 2 is 1.91 bits per heavy atom. The quantitative estimate of drug-likeness (QED) is 0.944. The second-order valence-electron chi connectivity index (χ2n) is 6.21. The van der Waals surface area contributed by atoms with E-state index in [1.165, 1.54) is 0 Å². The third-order valence-corrected chi connectivity index (χ3v) is 4.41. The van der Waals surface area contributed by atoms with Crippen LogP contribution in [-0.2, 0) is 4.79 Å². The van der Waals surface area contributed by atoms with Gasteiger partial charge in [-0.05, 0) is 54.7 Å². The molecule has 1 N–H and O–H groups in total. The molecule has 4 heteroatoms. The average Bonchev–Trinajstić information content (AvgIpc) is 3.35. The second-order valence-corrected chi connectivity index (χ2v) is 6.21. The highest BCUT2D eigenvalue weighted by atomic mass is 16.6. The number of fused-ring (bicyclic) bond motifs is 1. The van der Waals surface area contributed by atoms with Crippen molar-refractivity contribution in [3.8, 4) is 11.5 Å². The first-order valence-corrected chi connectivity index (χ1v) is 7.98. The molecule has 0 aromatic heterocycles. The molecule has 1 amide bonds. The van der Waals surface area contributed by atoms with Crippen LogP contribution in [0.15, 0.2) is 42.5 Å². The molecule has 0 bridgehead atoms. The number of hydrogen-bond donors (Lipinski definition) is 1. The summed E-state index contributed by atoms with van der Waals surface area (Å²) in [6, 6.07) is 13.9. The number of aryl methyl sites for hydroxylation is 1. The molecule has 118 valence electrons. The van der Waals surface area contributed by atoms with Crippen LogP contribution in [0.3, 0.4) is 0 Å². The van der Waals surface area contributed by atoms with E-state index in [0.717, 1.165) is 34.7 Å². The van der Waals surface area contributed by atoms with Gasteiger partial charge in [-0.15, -0.1) is 0 Å². The first-order valence-electron chi connectivity index (χ1n) is 7.98. The Kier molecular flexibility index (Phi) is 3.45. The zero-order chi connectivity index (χ0) is 15.8. The molecule has 2 aromatic rings. The van der Waals surface area contributed by atoms with Crippen LogP contribution in [0.2, 0.25) is 0 Å². The molecule has 1 fully saturated rings. The summed E-state index contributed by atoms with van der Waals surface area (Å²) in [7, 11) is 0. The van der Waals surface area contributed by atoms with Gasteiger partial charge in [-0.25, -0.2) is 0 Å². The monoisotopic (exact) mass is 309 g/mol. The smallest absolute Gasteiger partial charge is 0.228 e. The van der Waals surface area contributed by atoms with E-state index >= 15 is 0 Å². The molecule has 23 heavy (non-hydrogen) atoms. The molecule has 0 radical (unpaired) electrons. The van der Waals surface area contributed by atoms with Gasteiger partial charge in [0, 0.05) is 11.6 Å². The van der Waals surface area contributed by atoms with E-state index in [0.29, 0.717) is 13.2 Å². The average molecular weight is 309 g/mol. The summed E-state index contributed by atoms with van der Waals surface area (Å²) in [5, 5.41) is 3.01. The third-order valence-electron chi connectivity index (χ3n) is 4.41. The van der Waals surface area contributed by atoms with E-state index in [1.54, 1.807) is 0 Å². The number of benzene rings is 2. The van der Waals surface area contributed by atoms with E-state index in [1.807, 2.05) is 49.4 Å². The Bertz CT molecular complexity index is 756. The molecule has 0 saturated heterocycles. The van der Waals surface area contributed by atoms with Crippen LogP contribution in [-0.4, -0.2) is 19.1 Å². The predicted octanol–water partition coefficient (Wildman–Crippen LogP) is 3.51. The van der Waals surface area contributed by atoms with Crippen molar-refractivity contribution >= 4 is 11.6 Å². The van der Waals surface area contributed by atoms with Gasteiger partial charge in [0.2, 0.25) is 5.91 Å². The Labute approximate surface area is 135 Å². The maximum atomic E-state index is 12.4. The minimum atomic E-state index is 0.0399. The SMILES string of the molecule is Cc1cccc(NC(=O)[C@H]2C[C@H]2c2ccc3c(c2)OCCO3)c1. The number of amides is 1. The number of carbonyl (C=O) groups excluding carboxylic acids is 1. The number of hydrogen-bond acceptors (Lipinski definition) is 3. The van der Waals surface area contributed by atoms with E-state index in [9.17, 15) is 4.79 Å². The van der Waals surface area contributed by atoms with Gasteiger partial charge in [-0.2, -0.15) is 0 Å². The number of nitrogens with one attached hydrogen (secondary N) is 1. The molecule has 4 nitrogen and oxygen atoms in total. The summed E-state index contributed by atoms with van der Waals surface area (Å²) in [5.41, 5.74) is 3.16. The van der Waals surface area contributed by atoms with E-state index in [2.05, 4.69) is 5.32 Å². The van der Waals surface area contributed by atoms with E-state index in [-0.39, 0.29) is 17.7 Å². The Morgan fingerprint density at radius 1 is 1.09 bits per heavy atom. The van der Waals surface area contributed by atoms with Crippen molar-refractivity contribution in [1.82, 2.24) is 0 Å². The number of anilines is 1. The lowest BCUT2D eigenvalue weighted by atomic mass is 10.1. The molecule has 2 atom stereocenters. The van der Waals surface area contributed by atoms with Gasteiger partial charge in [-0.1, -0.05) is 18.2 Å². The molecule has 1 heterocycles. The first kappa shape index (κ1) is 14.1. The Balaban J connectivity index is 1.44. The van der Waals surface area contributed by atoms with Crippen LogP contribution in [0.5, 0.6) is 11.5 Å². The lowest BCUT2D eigenvalue weighted by molar-refractivity contribution is -0.117. The summed E-state index contributed by atoms with van der Waals surface area (Å²) in [4.78, 5) is 12.4. The molecular weight excluding hydrogens is 290 g/mol. The van der Waals surface area contributed by atoms with Gasteiger partial charge in [-0.3, -0.25) is 4.79 Å². The van der Waals surface area contributed by atoms with Gasteiger partial charge in [0.05, 0.1) is 0 Å². The molecule has 1 aliphatic heterocycles. The molecular formula is C19H19NO3. The van der Waals surface area contributed by atoms with Crippen molar-refractivity contribution in [1.29, 1.82) is 0 Å². The Hall–Kier alpha value is -2.49. The second kappa shape index (κ2) is 5.61. The van der Waals surface area contributed by atoms with Crippen LogP contribution in [0.4, 0.5) is 5.69 Å². The lowest BCUT2D eigenvalue weighted by Crippen LogP contribution is -2.16. The summed E-state index contributed by atoms with van der Waals surface area (Å²) in [6.07, 6.45) is 0.886. The molecule has 1 saturated carbocycles. The largest absolute Gasteiger partial charge is 0.486 e. The van der Waals surface area contributed by atoms with Crippen molar-refractivity contribution in [3.63, 3.8) is 0 Å². The highest BCUT2D eigenvalue weighted by Crippen LogP contribution is 2.49. The predicted molar refractivity (Wildman–Crippen MR) is 88.1 cm³/mol. The maximum Gasteiger partial charge on any atom is 0.228 e. The normalized spacial score (nSPS) is 21.6. The summed E-state index contributed by atoms with van der Waals surface area (Å²) in [5.74, 6) is 1.99. The van der Waals surface area contributed by atoms with E-state index in [4.69, 9.17) is 9.47 Å². The summed E-state index contributed by atoms with van der Waals surface area (Å²) >= 11 is 0. The van der Waals surface area contributed by atoms with Crippen molar-refractivity contribution in [3.05, 3.63) is 53.6 Å². The van der Waals surface area contributed by atoms with E-state index < -0.39 is 0 Å². The lowest BCUT2D eigenvalue weighted by Gasteiger charge is -2.18. The van der Waals surface area contributed by atoms with Crippen LogP contribution in [0, 0.1) is 12.8 Å². The highest BCUT2D eigenvalue weighted by Gasteiger charge is 2.44. The zero-order valence-electron chi connectivity index (χ0n) is 13.0. The number of carbonyl (C=O) groups is 1. The van der Waals surface area contributed by atoms with Crippen molar-refractivity contribution in [2.45, 2.75) is 19.3 Å². The number of ether oxygens (including phenoxy) is 2. The molecule has 4 rings (SSSR count). The minimum absolute atomic E-state index is 0.0399. The number of rotatable bonds is 3. The summed E-state index contributed by atoms with van der Waals surface area (Å²) in [6.45, 7) is 3.19. The highest BCUT2D eigenvalue weighted by molar-refractivity contribution is 5.95. The van der Waals surface area contributed by atoms with Crippen LogP contribution in [0.1, 0.15) is 23.5 Å². The molecule has 0 spiro atoms. The van der Waals surface area contributed by atoms with Gasteiger partial charge < -0.3 is 14.8 Å². The standard InChI is InChI=1S/C19H19NO3/c1-12-3-2-4-14(9-12)20-19(21)16-11-15(16)13-5-6-17-18(10-13)23-8-7-22-17/h2-6,9-10,15-16H,7-8,11H2,1H3,(H,20,21)/t15-,16-/m0/s1. The zero-order valence-corrected chi connectivity index (χ0v) is 13.0. The first-order chi connectivity index (χ1) is 11.2. The fourth-order valence-electron chi connectivity index (χ4n) is 3.10. The summed E-state index contributed by atoms with van der Waals surface area (Å²) < 4.78 is 11.2. The van der Waals surface area contributed by atoms with Crippen molar-refractivity contribution in [2.24, 2.45) is 5.92 Å². The van der Waals surface area contributed by atoms with Gasteiger partial charge in [0.25, 0.3) is 0 Å². The van der Waals surface area contributed by atoms with Crippen molar-refractivity contribution < 1.29 is 14.3 Å². The van der Waals surface area contributed by atoms with Crippen LogP contribution < -0.4 is 14.8 Å². The molecule has 0 unspecified atom stereocenters. The minimum Gasteiger partial charge on any atom is -0.486 e. The van der Waals surface area contributed by atoms with Gasteiger partial charge in [0.15, 0.2) is 11.5 Å². The molecule has 2 aromatic carbocycles. The topological polar surface area (TPSA) is 47.6 Å². The fourth-order valence-corrected chi connectivity index (χ4v) is 3.10. The van der Waals surface area contributed by atoms with Crippen LogP contribution in [0.25, 0.3) is 0 Å². The Morgan fingerprint density at radius 3 is 2.74 bits per heavy atom.